The molecule has 0 radical (unpaired) electrons. The first-order valence-electron chi connectivity index (χ1n) is 12.5. The summed E-state index contributed by atoms with van der Waals surface area (Å²) >= 11 is 6.16. The standard InChI is InChI=1S/C28H30ClN3O6S/c1-3-30-28(34)20(2)31(18-21-8-7-9-22(29)16-21)27(33)19-32(39(35,36)24-10-5-4-6-11-24)23-12-13-25-26(17-23)38-15-14-37-25/h4-13,16-17,20H,3,14-15,18-19H2,1-2H3,(H,30,34)/t20-/m0/s1. The van der Waals surface area contributed by atoms with Gasteiger partial charge in [-0.3, -0.25) is 13.9 Å². The van der Waals surface area contributed by atoms with Gasteiger partial charge in [0, 0.05) is 24.2 Å². The molecule has 39 heavy (non-hydrogen) atoms. The third-order valence-electron chi connectivity index (χ3n) is 6.18. The number of sulfonamides is 1. The molecule has 1 N–H and O–H groups in total. The minimum atomic E-state index is -4.18. The van der Waals surface area contributed by atoms with Crippen LogP contribution in [0.3, 0.4) is 0 Å². The lowest BCUT2D eigenvalue weighted by Gasteiger charge is -2.32. The summed E-state index contributed by atoms with van der Waals surface area (Å²) in [6.45, 7) is 3.97. The highest BCUT2D eigenvalue weighted by Gasteiger charge is 2.33. The van der Waals surface area contributed by atoms with Crippen molar-refractivity contribution in [3.05, 3.63) is 83.4 Å². The molecule has 4 rings (SSSR count). The van der Waals surface area contributed by atoms with Gasteiger partial charge in [0.1, 0.15) is 25.8 Å². The number of carbonyl (C=O) groups is 2. The van der Waals surface area contributed by atoms with Gasteiger partial charge in [-0.25, -0.2) is 8.42 Å². The van der Waals surface area contributed by atoms with Crippen molar-refractivity contribution in [1.82, 2.24) is 10.2 Å². The third-order valence-corrected chi connectivity index (χ3v) is 8.21. The molecule has 206 valence electrons. The fourth-order valence-electron chi connectivity index (χ4n) is 4.17. The number of benzene rings is 3. The van der Waals surface area contributed by atoms with Crippen molar-refractivity contribution in [3.63, 3.8) is 0 Å². The largest absolute Gasteiger partial charge is 0.486 e. The highest BCUT2D eigenvalue weighted by atomic mass is 35.5. The first-order valence-corrected chi connectivity index (χ1v) is 14.3. The zero-order chi connectivity index (χ0) is 28.0. The van der Waals surface area contributed by atoms with Gasteiger partial charge in [-0.1, -0.05) is 41.9 Å². The van der Waals surface area contributed by atoms with Crippen LogP contribution in [-0.4, -0.2) is 57.5 Å². The van der Waals surface area contributed by atoms with Crippen LogP contribution < -0.4 is 19.1 Å². The Morgan fingerprint density at radius 1 is 0.974 bits per heavy atom. The number of likely N-dealkylation sites (N-methyl/N-ethyl adjacent to an activating group) is 1. The van der Waals surface area contributed by atoms with Crippen LogP contribution in [0.25, 0.3) is 0 Å². The van der Waals surface area contributed by atoms with E-state index in [1.807, 2.05) is 0 Å². The second-order valence-electron chi connectivity index (χ2n) is 8.87. The van der Waals surface area contributed by atoms with Gasteiger partial charge in [-0.2, -0.15) is 0 Å². The molecule has 0 spiro atoms. The smallest absolute Gasteiger partial charge is 0.264 e. The van der Waals surface area contributed by atoms with Crippen molar-refractivity contribution < 1.29 is 27.5 Å². The Morgan fingerprint density at radius 2 is 1.69 bits per heavy atom. The van der Waals surface area contributed by atoms with Crippen molar-refractivity contribution in [3.8, 4) is 11.5 Å². The monoisotopic (exact) mass is 571 g/mol. The van der Waals surface area contributed by atoms with Crippen molar-refractivity contribution in [2.45, 2.75) is 31.3 Å². The second kappa shape index (κ2) is 12.4. The number of anilines is 1. The fraction of sp³-hybridized carbons (Fsp3) is 0.286. The maximum absolute atomic E-state index is 13.9. The number of halogens is 1. The molecule has 0 saturated heterocycles. The normalized spacial score (nSPS) is 13.3. The van der Waals surface area contributed by atoms with Gasteiger partial charge in [0.25, 0.3) is 10.0 Å². The zero-order valence-electron chi connectivity index (χ0n) is 21.7. The summed E-state index contributed by atoms with van der Waals surface area (Å²) in [5.41, 5.74) is 0.925. The Labute approximate surface area is 233 Å². The van der Waals surface area contributed by atoms with Gasteiger partial charge in [0.05, 0.1) is 10.6 Å². The number of ether oxygens (including phenoxy) is 2. The molecule has 1 atom stereocenters. The van der Waals surface area contributed by atoms with Gasteiger partial charge in [-0.15, -0.1) is 0 Å². The van der Waals surface area contributed by atoms with Crippen LogP contribution in [-0.2, 0) is 26.2 Å². The Balaban J connectivity index is 1.73. The van der Waals surface area contributed by atoms with E-state index in [0.717, 1.165) is 4.31 Å². The number of rotatable bonds is 10. The molecule has 3 aromatic rings. The zero-order valence-corrected chi connectivity index (χ0v) is 23.2. The lowest BCUT2D eigenvalue weighted by Crippen LogP contribution is -2.51. The third kappa shape index (κ3) is 6.63. The maximum atomic E-state index is 13.9. The van der Waals surface area contributed by atoms with Gasteiger partial charge in [-0.05, 0) is 55.8 Å². The van der Waals surface area contributed by atoms with Crippen molar-refractivity contribution in [2.75, 3.05) is 30.6 Å². The summed E-state index contributed by atoms with van der Waals surface area (Å²) in [5, 5.41) is 3.21. The number of amides is 2. The summed E-state index contributed by atoms with van der Waals surface area (Å²) in [6.07, 6.45) is 0. The molecule has 11 heteroatoms. The van der Waals surface area contributed by atoms with Crippen LogP contribution in [0, 0.1) is 0 Å². The average Bonchev–Trinajstić information content (AvgIpc) is 2.94. The van der Waals surface area contributed by atoms with E-state index >= 15 is 0 Å². The van der Waals surface area contributed by atoms with E-state index in [-0.39, 0.29) is 23.0 Å². The van der Waals surface area contributed by atoms with Crippen molar-refractivity contribution in [2.24, 2.45) is 0 Å². The quantitative estimate of drug-likeness (QED) is 0.396. The molecule has 2 amide bonds. The van der Waals surface area contributed by atoms with E-state index in [1.54, 1.807) is 68.4 Å². The Kier molecular flexibility index (Phi) is 8.98. The van der Waals surface area contributed by atoms with Crippen LogP contribution >= 0.6 is 11.6 Å². The van der Waals surface area contributed by atoms with E-state index in [2.05, 4.69) is 5.32 Å². The summed E-state index contributed by atoms with van der Waals surface area (Å²) in [7, 11) is -4.18. The van der Waals surface area contributed by atoms with Crippen LogP contribution in [0.15, 0.2) is 77.7 Å². The average molecular weight is 572 g/mol. The minimum Gasteiger partial charge on any atom is -0.486 e. The number of fused-ring (bicyclic) bond motifs is 1. The highest BCUT2D eigenvalue weighted by Crippen LogP contribution is 2.36. The molecule has 1 aliphatic rings. The van der Waals surface area contributed by atoms with E-state index < -0.39 is 28.5 Å². The maximum Gasteiger partial charge on any atom is 0.264 e. The summed E-state index contributed by atoms with van der Waals surface area (Å²) in [5.74, 6) is -0.0560. The van der Waals surface area contributed by atoms with Gasteiger partial charge < -0.3 is 19.7 Å². The van der Waals surface area contributed by atoms with E-state index in [4.69, 9.17) is 21.1 Å². The predicted octanol–water partition coefficient (Wildman–Crippen LogP) is 3.86. The molecule has 0 unspecified atom stereocenters. The topological polar surface area (TPSA) is 105 Å². The molecular formula is C28H30ClN3O6S. The Bertz CT molecular complexity index is 1430. The van der Waals surface area contributed by atoms with Gasteiger partial charge in [0.15, 0.2) is 11.5 Å². The van der Waals surface area contributed by atoms with Gasteiger partial charge in [0.2, 0.25) is 11.8 Å². The minimum absolute atomic E-state index is 0.0193. The number of nitrogens with one attached hydrogen (secondary N) is 1. The Hall–Kier alpha value is -3.76. The molecule has 1 heterocycles. The summed E-state index contributed by atoms with van der Waals surface area (Å²) in [6, 6.07) is 18.6. The molecule has 0 bridgehead atoms. The first-order chi connectivity index (χ1) is 18.7. The molecule has 0 fully saturated rings. The molecule has 9 nitrogen and oxygen atoms in total. The van der Waals surface area contributed by atoms with Crippen LogP contribution in [0.1, 0.15) is 19.4 Å². The van der Waals surface area contributed by atoms with Crippen LogP contribution in [0.4, 0.5) is 5.69 Å². The number of hydrogen-bond donors (Lipinski definition) is 1. The Morgan fingerprint density at radius 3 is 2.38 bits per heavy atom. The van der Waals surface area contributed by atoms with E-state index in [9.17, 15) is 18.0 Å². The van der Waals surface area contributed by atoms with E-state index in [0.29, 0.717) is 41.8 Å². The molecule has 1 aliphatic heterocycles. The lowest BCUT2D eigenvalue weighted by molar-refractivity contribution is -0.139. The summed E-state index contributed by atoms with van der Waals surface area (Å²) in [4.78, 5) is 28.0. The van der Waals surface area contributed by atoms with Crippen LogP contribution in [0.5, 0.6) is 11.5 Å². The predicted molar refractivity (Wildman–Crippen MR) is 149 cm³/mol. The molecule has 3 aromatic carbocycles. The second-order valence-corrected chi connectivity index (χ2v) is 11.2. The molecule has 0 aromatic heterocycles. The van der Waals surface area contributed by atoms with Crippen molar-refractivity contribution >= 4 is 39.1 Å². The number of nitrogens with zero attached hydrogens (tertiary/aromatic N) is 2. The number of carbonyl (C=O) groups excluding carboxylic acids is 2. The van der Waals surface area contributed by atoms with E-state index in [1.165, 1.54) is 23.1 Å². The number of hydrogen-bond acceptors (Lipinski definition) is 6. The molecule has 0 saturated carbocycles. The molecule has 0 aliphatic carbocycles. The lowest BCUT2D eigenvalue weighted by atomic mass is 10.1. The van der Waals surface area contributed by atoms with Gasteiger partial charge >= 0.3 is 0 Å². The first kappa shape index (κ1) is 28.3. The highest BCUT2D eigenvalue weighted by molar-refractivity contribution is 7.92. The van der Waals surface area contributed by atoms with Crippen molar-refractivity contribution in [1.29, 1.82) is 0 Å². The SMILES string of the molecule is CCNC(=O)[C@H](C)N(Cc1cccc(Cl)c1)C(=O)CN(c1ccc2c(c1)OCCO2)S(=O)(=O)c1ccccc1. The van der Waals surface area contributed by atoms with Crippen LogP contribution in [0.2, 0.25) is 5.02 Å². The fourth-order valence-corrected chi connectivity index (χ4v) is 5.81. The molecular weight excluding hydrogens is 542 g/mol. The summed E-state index contributed by atoms with van der Waals surface area (Å²) < 4.78 is 40.0.